The first-order valence-electron chi connectivity index (χ1n) is 11.8. The third-order valence-electron chi connectivity index (χ3n) is 7.28. The van der Waals surface area contributed by atoms with Gasteiger partial charge in [-0.3, -0.25) is 9.59 Å². The van der Waals surface area contributed by atoms with Crippen LogP contribution in [-0.4, -0.2) is 46.5 Å². The number of benzene rings is 2. The van der Waals surface area contributed by atoms with Gasteiger partial charge in [-0.1, -0.05) is 43.2 Å². The van der Waals surface area contributed by atoms with E-state index >= 15 is 0 Å². The van der Waals surface area contributed by atoms with Crippen molar-refractivity contribution in [1.29, 1.82) is 0 Å². The van der Waals surface area contributed by atoms with Gasteiger partial charge >= 0.3 is 0 Å². The third kappa shape index (κ3) is 3.88. The largest absolute Gasteiger partial charge is 0.497 e. The quantitative estimate of drug-likeness (QED) is 0.620. The Morgan fingerprint density at radius 2 is 1.88 bits per heavy atom. The van der Waals surface area contributed by atoms with E-state index in [0.717, 1.165) is 47.9 Å². The fourth-order valence-corrected chi connectivity index (χ4v) is 5.30. The van der Waals surface area contributed by atoms with E-state index in [-0.39, 0.29) is 17.9 Å². The van der Waals surface area contributed by atoms with Gasteiger partial charge in [-0.15, -0.1) is 0 Å². The average molecular weight is 446 g/mol. The number of hydrogen-bond acceptors (Lipinski definition) is 3. The van der Waals surface area contributed by atoms with Crippen molar-refractivity contribution in [2.45, 2.75) is 57.2 Å². The molecule has 5 rings (SSSR count). The summed E-state index contributed by atoms with van der Waals surface area (Å²) in [6.45, 7) is 2.81. The summed E-state index contributed by atoms with van der Waals surface area (Å²) in [5, 5.41) is 4.24. The second kappa shape index (κ2) is 8.58. The van der Waals surface area contributed by atoms with Crippen LogP contribution in [0.4, 0.5) is 0 Å². The van der Waals surface area contributed by atoms with Crippen LogP contribution in [0.15, 0.2) is 54.6 Å². The van der Waals surface area contributed by atoms with Crippen LogP contribution in [0.3, 0.4) is 0 Å². The normalized spacial score (nSPS) is 20.8. The van der Waals surface area contributed by atoms with Crippen molar-refractivity contribution >= 4 is 22.7 Å². The zero-order valence-electron chi connectivity index (χ0n) is 19.3. The Hall–Kier alpha value is -3.28. The van der Waals surface area contributed by atoms with Gasteiger partial charge in [0.05, 0.1) is 19.2 Å². The number of methoxy groups -OCH3 is 1. The monoisotopic (exact) mass is 445 g/mol. The molecule has 0 radical (unpaired) electrons. The molecular formula is C27H31N3O3. The Kier molecular flexibility index (Phi) is 5.60. The van der Waals surface area contributed by atoms with E-state index in [1.165, 1.54) is 0 Å². The lowest BCUT2D eigenvalue weighted by atomic mass is 9.93. The van der Waals surface area contributed by atoms with Crippen molar-refractivity contribution in [3.8, 4) is 5.75 Å². The summed E-state index contributed by atoms with van der Waals surface area (Å²) < 4.78 is 7.41. The summed E-state index contributed by atoms with van der Waals surface area (Å²) >= 11 is 0. The second-order valence-electron chi connectivity index (χ2n) is 9.46. The summed E-state index contributed by atoms with van der Waals surface area (Å²) in [5.41, 5.74) is 1.72. The molecule has 33 heavy (non-hydrogen) atoms. The maximum atomic E-state index is 13.8. The Balaban J connectivity index is 1.53. The molecule has 172 valence electrons. The van der Waals surface area contributed by atoms with Gasteiger partial charge in [0, 0.05) is 24.0 Å². The molecule has 1 aromatic heterocycles. The Morgan fingerprint density at radius 3 is 2.61 bits per heavy atom. The van der Waals surface area contributed by atoms with Crippen LogP contribution in [0.25, 0.3) is 10.9 Å². The number of rotatable bonds is 6. The van der Waals surface area contributed by atoms with Gasteiger partial charge in [0.15, 0.2) is 0 Å². The molecule has 2 aliphatic rings. The summed E-state index contributed by atoms with van der Waals surface area (Å²) in [7, 11) is 1.64. The minimum atomic E-state index is -0.976. The fourth-order valence-electron chi connectivity index (χ4n) is 5.30. The molecule has 2 aromatic carbocycles. The highest BCUT2D eigenvalue weighted by molar-refractivity contribution is 6.03. The molecule has 6 heteroatoms. The minimum Gasteiger partial charge on any atom is -0.497 e. The number of amides is 2. The number of nitrogens with one attached hydrogen (secondary N) is 1. The number of hydrogen-bond donors (Lipinski definition) is 1. The molecular weight excluding hydrogens is 414 g/mol. The van der Waals surface area contributed by atoms with Crippen LogP contribution >= 0.6 is 0 Å². The molecule has 2 heterocycles. The third-order valence-corrected chi connectivity index (χ3v) is 7.28. The molecule has 0 bridgehead atoms. The van der Waals surface area contributed by atoms with Gasteiger partial charge in [-0.25, -0.2) is 0 Å². The Labute approximate surface area is 194 Å². The number of ether oxygens (including phenoxy) is 1. The molecule has 2 amide bonds. The predicted molar refractivity (Wildman–Crippen MR) is 128 cm³/mol. The van der Waals surface area contributed by atoms with E-state index in [1.807, 2.05) is 54.0 Å². The van der Waals surface area contributed by atoms with Gasteiger partial charge < -0.3 is 19.5 Å². The lowest BCUT2D eigenvalue weighted by Crippen LogP contribution is -2.65. The molecule has 0 saturated heterocycles. The first-order chi connectivity index (χ1) is 16.0. The molecule has 0 unspecified atom stereocenters. The number of carbonyl (C=O) groups is 2. The van der Waals surface area contributed by atoms with Crippen molar-refractivity contribution in [1.82, 2.24) is 14.8 Å². The zero-order chi connectivity index (χ0) is 23.0. The van der Waals surface area contributed by atoms with Gasteiger partial charge in [0.25, 0.3) is 5.91 Å². The molecule has 1 aliphatic carbocycles. The molecule has 1 saturated carbocycles. The first-order valence-corrected chi connectivity index (χ1v) is 11.8. The number of aromatic nitrogens is 1. The first kappa shape index (κ1) is 21.6. The van der Waals surface area contributed by atoms with Crippen LogP contribution < -0.4 is 10.1 Å². The lowest BCUT2D eigenvalue weighted by molar-refractivity contribution is -0.133. The SMILES string of the molecule is COc1ccc2cc3n(c2c1)C[C@@](C)(C(=O)NC1CCCC1)N(CCc1ccccc1)C3=O. The van der Waals surface area contributed by atoms with Gasteiger partial charge in [-0.2, -0.15) is 0 Å². The van der Waals surface area contributed by atoms with E-state index in [9.17, 15) is 9.59 Å². The van der Waals surface area contributed by atoms with Crippen molar-refractivity contribution in [3.05, 3.63) is 65.9 Å². The minimum absolute atomic E-state index is 0.0637. The van der Waals surface area contributed by atoms with E-state index in [0.29, 0.717) is 25.2 Å². The maximum Gasteiger partial charge on any atom is 0.271 e. The standard InChI is InChI=1S/C27H31N3O3/c1-27(26(32)28-21-10-6-7-11-21)18-29-23-17-22(33-2)13-12-20(23)16-24(29)25(31)30(27)15-14-19-8-4-3-5-9-19/h3-5,8-9,12-13,16-17,21H,6-7,10-11,14-15,18H2,1-2H3,(H,28,32)/t27-/m0/s1. The van der Waals surface area contributed by atoms with Gasteiger partial charge in [-0.05, 0) is 49.9 Å². The topological polar surface area (TPSA) is 63.6 Å². The summed E-state index contributed by atoms with van der Waals surface area (Å²) in [6.07, 6.45) is 5.01. The van der Waals surface area contributed by atoms with Crippen molar-refractivity contribution in [3.63, 3.8) is 0 Å². The average Bonchev–Trinajstić information content (AvgIpc) is 3.47. The number of fused-ring (bicyclic) bond motifs is 3. The maximum absolute atomic E-state index is 13.8. The van der Waals surface area contributed by atoms with Crippen LogP contribution in [0.5, 0.6) is 5.75 Å². The molecule has 1 fully saturated rings. The molecule has 0 spiro atoms. The fraction of sp³-hybridized carbons (Fsp3) is 0.407. The molecule has 1 N–H and O–H groups in total. The van der Waals surface area contributed by atoms with Crippen LogP contribution in [0, 0.1) is 0 Å². The lowest BCUT2D eigenvalue weighted by Gasteiger charge is -2.44. The van der Waals surface area contributed by atoms with Gasteiger partial charge in [0.1, 0.15) is 17.0 Å². The van der Waals surface area contributed by atoms with Crippen LogP contribution in [-0.2, 0) is 17.8 Å². The van der Waals surface area contributed by atoms with Crippen LogP contribution in [0.2, 0.25) is 0 Å². The highest BCUT2D eigenvalue weighted by Gasteiger charge is 2.48. The molecule has 1 atom stereocenters. The van der Waals surface area contributed by atoms with E-state index in [4.69, 9.17) is 4.74 Å². The second-order valence-corrected chi connectivity index (χ2v) is 9.46. The van der Waals surface area contributed by atoms with Crippen molar-refractivity contribution < 1.29 is 14.3 Å². The highest BCUT2D eigenvalue weighted by atomic mass is 16.5. The Bertz CT molecular complexity index is 1180. The predicted octanol–water partition coefficient (Wildman–Crippen LogP) is 4.17. The van der Waals surface area contributed by atoms with E-state index in [1.54, 1.807) is 12.0 Å². The molecule has 3 aromatic rings. The van der Waals surface area contributed by atoms with E-state index in [2.05, 4.69) is 17.4 Å². The molecule has 1 aliphatic heterocycles. The Morgan fingerprint density at radius 1 is 1.12 bits per heavy atom. The highest BCUT2D eigenvalue weighted by Crippen LogP contribution is 2.34. The zero-order valence-corrected chi connectivity index (χ0v) is 19.3. The van der Waals surface area contributed by atoms with E-state index < -0.39 is 5.54 Å². The summed E-state index contributed by atoms with van der Waals surface area (Å²) in [4.78, 5) is 29.3. The van der Waals surface area contributed by atoms with Gasteiger partial charge in [0.2, 0.25) is 5.91 Å². The number of nitrogens with zero attached hydrogens (tertiary/aromatic N) is 2. The van der Waals surface area contributed by atoms with Crippen molar-refractivity contribution in [2.75, 3.05) is 13.7 Å². The smallest absolute Gasteiger partial charge is 0.271 e. The van der Waals surface area contributed by atoms with Crippen molar-refractivity contribution in [2.24, 2.45) is 0 Å². The number of carbonyl (C=O) groups excluding carboxylic acids is 2. The van der Waals surface area contributed by atoms with Crippen LogP contribution in [0.1, 0.15) is 48.7 Å². The summed E-state index contributed by atoms with van der Waals surface area (Å²) in [6, 6.07) is 18.1. The molecule has 6 nitrogen and oxygen atoms in total. The summed E-state index contributed by atoms with van der Waals surface area (Å²) in [5.74, 6) is 0.571.